The van der Waals surface area contributed by atoms with E-state index in [9.17, 15) is 0 Å². The fraction of sp³-hybridized carbons (Fsp3) is 0.385. The third kappa shape index (κ3) is 5.18. The molecule has 0 N–H and O–H groups in total. The van der Waals surface area contributed by atoms with Crippen LogP contribution in [0.15, 0.2) is 30.5 Å². The number of hydrogen-bond donors (Lipinski definition) is 0. The number of aryl methyl sites for hydroxylation is 1. The zero-order valence-electron chi connectivity index (χ0n) is 10.8. The molecule has 2 nitrogen and oxygen atoms in total. The maximum Gasteiger partial charge on any atom is 0.0889 e. The monoisotopic (exact) mass is 236 g/mol. The first-order chi connectivity index (χ1) is 7.77. The first-order valence-electron chi connectivity index (χ1n) is 5.55. The standard InChI is InChI=1S/C9H8N2.C2H7P.C2H6/c1-7-6-10-8-4-2-3-5-9(8)11-7;1-3-2;1-2/h2-6H,1H3;3H,1-2H3;1-2H3. The van der Waals surface area contributed by atoms with Crippen molar-refractivity contribution in [3.8, 4) is 0 Å². The molecule has 0 fully saturated rings. The maximum absolute atomic E-state index is 4.31. The van der Waals surface area contributed by atoms with Crippen molar-refractivity contribution >= 4 is 19.6 Å². The molecule has 0 amide bonds. The van der Waals surface area contributed by atoms with Gasteiger partial charge in [-0.1, -0.05) is 26.0 Å². The fourth-order valence-corrected chi connectivity index (χ4v) is 1.05. The second-order valence-electron chi connectivity index (χ2n) is 3.00. The van der Waals surface area contributed by atoms with Gasteiger partial charge in [-0.05, 0) is 32.4 Å². The van der Waals surface area contributed by atoms with Crippen molar-refractivity contribution in [1.82, 2.24) is 9.97 Å². The van der Waals surface area contributed by atoms with Gasteiger partial charge in [-0.25, -0.2) is 4.98 Å². The lowest BCUT2D eigenvalue weighted by molar-refractivity contribution is 1.19. The molecule has 0 spiro atoms. The molecule has 0 bridgehead atoms. The Hall–Kier alpha value is -1.01. The van der Waals surface area contributed by atoms with E-state index in [0.29, 0.717) is 0 Å². The number of nitrogens with zero attached hydrogens (tertiary/aromatic N) is 2. The van der Waals surface area contributed by atoms with Crippen LogP contribution in [0.25, 0.3) is 11.0 Å². The summed E-state index contributed by atoms with van der Waals surface area (Å²) in [5.74, 6) is 0. The molecule has 88 valence electrons. The molecule has 0 aliphatic carbocycles. The van der Waals surface area contributed by atoms with Crippen LogP contribution in [-0.2, 0) is 0 Å². The van der Waals surface area contributed by atoms with Gasteiger partial charge in [-0.15, -0.1) is 8.58 Å². The maximum atomic E-state index is 4.31. The summed E-state index contributed by atoms with van der Waals surface area (Å²) in [6.07, 6.45) is 1.78. The average Bonchev–Trinajstić information content (AvgIpc) is 2.32. The molecular weight excluding hydrogens is 215 g/mol. The van der Waals surface area contributed by atoms with Crippen LogP contribution >= 0.6 is 8.58 Å². The van der Waals surface area contributed by atoms with Crippen LogP contribution in [0.4, 0.5) is 0 Å². The van der Waals surface area contributed by atoms with E-state index in [1.807, 2.05) is 45.0 Å². The molecule has 0 atom stereocenters. The molecule has 1 aromatic heterocycles. The summed E-state index contributed by atoms with van der Waals surface area (Å²) >= 11 is 0. The molecule has 16 heavy (non-hydrogen) atoms. The Balaban J connectivity index is 0.000000394. The quantitative estimate of drug-likeness (QED) is 0.648. The topological polar surface area (TPSA) is 25.8 Å². The second kappa shape index (κ2) is 9.23. The molecule has 2 aromatic rings. The Morgan fingerprint density at radius 1 is 1.00 bits per heavy atom. The van der Waals surface area contributed by atoms with Crippen molar-refractivity contribution in [1.29, 1.82) is 0 Å². The fourth-order valence-electron chi connectivity index (χ4n) is 1.05. The molecule has 1 heterocycles. The van der Waals surface area contributed by atoms with Gasteiger partial charge in [0.15, 0.2) is 0 Å². The Morgan fingerprint density at radius 2 is 1.50 bits per heavy atom. The summed E-state index contributed by atoms with van der Waals surface area (Å²) in [4.78, 5) is 8.53. The molecule has 0 radical (unpaired) electrons. The van der Waals surface area contributed by atoms with Gasteiger partial charge in [0.2, 0.25) is 0 Å². The summed E-state index contributed by atoms with van der Waals surface area (Å²) in [6.45, 7) is 10.2. The highest BCUT2D eigenvalue weighted by atomic mass is 31.1. The number of fused-ring (bicyclic) bond motifs is 1. The predicted octanol–water partition coefficient (Wildman–Crippen LogP) is 3.89. The molecule has 0 aliphatic rings. The lowest BCUT2D eigenvalue weighted by Crippen LogP contribution is -1.85. The first-order valence-corrected chi connectivity index (χ1v) is 7.55. The number of para-hydroxylation sites is 2. The van der Waals surface area contributed by atoms with Crippen LogP contribution in [0.5, 0.6) is 0 Å². The third-order valence-electron chi connectivity index (χ3n) is 1.57. The van der Waals surface area contributed by atoms with E-state index in [-0.39, 0.29) is 0 Å². The summed E-state index contributed by atoms with van der Waals surface area (Å²) < 4.78 is 0. The van der Waals surface area contributed by atoms with Crippen molar-refractivity contribution in [3.63, 3.8) is 0 Å². The minimum atomic E-state index is 0.957. The van der Waals surface area contributed by atoms with Gasteiger partial charge in [0.1, 0.15) is 0 Å². The number of hydrogen-bond acceptors (Lipinski definition) is 2. The smallest absolute Gasteiger partial charge is 0.0889 e. The summed E-state index contributed by atoms with van der Waals surface area (Å²) in [5, 5.41) is 0. The van der Waals surface area contributed by atoms with Gasteiger partial charge in [0.25, 0.3) is 0 Å². The van der Waals surface area contributed by atoms with Crippen LogP contribution in [0.1, 0.15) is 19.5 Å². The number of benzene rings is 1. The van der Waals surface area contributed by atoms with Crippen molar-refractivity contribution < 1.29 is 0 Å². The van der Waals surface area contributed by atoms with Crippen LogP contribution in [0.2, 0.25) is 0 Å². The van der Waals surface area contributed by atoms with Gasteiger partial charge in [0.05, 0.1) is 16.7 Å². The van der Waals surface area contributed by atoms with Crippen molar-refractivity contribution in [3.05, 3.63) is 36.2 Å². The van der Waals surface area contributed by atoms with Crippen molar-refractivity contribution in [2.45, 2.75) is 20.8 Å². The van der Waals surface area contributed by atoms with Crippen LogP contribution in [0, 0.1) is 6.92 Å². The molecule has 0 saturated heterocycles. The highest BCUT2D eigenvalue weighted by molar-refractivity contribution is 7.35. The Kier molecular flexibility index (Phi) is 8.65. The highest BCUT2D eigenvalue weighted by Gasteiger charge is 1.92. The van der Waals surface area contributed by atoms with Crippen LogP contribution in [-0.4, -0.2) is 23.3 Å². The summed E-state index contributed by atoms with van der Waals surface area (Å²) in [5.41, 5.74) is 2.88. The van der Waals surface area contributed by atoms with Crippen molar-refractivity contribution in [2.75, 3.05) is 13.3 Å². The van der Waals surface area contributed by atoms with Gasteiger partial charge in [0, 0.05) is 6.20 Å². The lowest BCUT2D eigenvalue weighted by atomic mass is 10.3. The molecule has 3 heteroatoms. The normalized spacial score (nSPS) is 8.56. The number of rotatable bonds is 0. The van der Waals surface area contributed by atoms with E-state index in [1.54, 1.807) is 6.20 Å². The molecular formula is C13H21N2P. The number of aromatic nitrogens is 2. The zero-order valence-corrected chi connectivity index (χ0v) is 11.8. The van der Waals surface area contributed by atoms with Crippen LogP contribution < -0.4 is 0 Å². The SMILES string of the molecule is CC.CPC.Cc1cnc2ccccc2n1. The third-order valence-corrected chi connectivity index (χ3v) is 1.57. The Bertz CT molecular complexity index is 402. The van der Waals surface area contributed by atoms with Gasteiger partial charge in [-0.2, -0.15) is 0 Å². The first kappa shape index (κ1) is 15.0. The zero-order chi connectivity index (χ0) is 12.4. The summed E-state index contributed by atoms with van der Waals surface area (Å²) in [6, 6.07) is 7.86. The van der Waals surface area contributed by atoms with E-state index < -0.39 is 0 Å². The van der Waals surface area contributed by atoms with Gasteiger partial charge >= 0.3 is 0 Å². The molecule has 0 aliphatic heterocycles. The van der Waals surface area contributed by atoms with E-state index in [0.717, 1.165) is 25.3 Å². The largest absolute Gasteiger partial charge is 0.253 e. The van der Waals surface area contributed by atoms with E-state index in [4.69, 9.17) is 0 Å². The minimum Gasteiger partial charge on any atom is -0.253 e. The predicted molar refractivity (Wildman–Crippen MR) is 75.8 cm³/mol. The van der Waals surface area contributed by atoms with E-state index >= 15 is 0 Å². The van der Waals surface area contributed by atoms with Crippen molar-refractivity contribution in [2.24, 2.45) is 0 Å². The molecule has 1 aromatic carbocycles. The lowest BCUT2D eigenvalue weighted by Gasteiger charge is -1.95. The molecule has 0 unspecified atom stereocenters. The van der Waals surface area contributed by atoms with Gasteiger partial charge < -0.3 is 0 Å². The highest BCUT2D eigenvalue weighted by Crippen LogP contribution is 2.06. The minimum absolute atomic E-state index is 0.957. The summed E-state index contributed by atoms with van der Waals surface area (Å²) in [7, 11) is 1.08. The van der Waals surface area contributed by atoms with E-state index in [2.05, 4.69) is 23.3 Å². The average molecular weight is 236 g/mol. The van der Waals surface area contributed by atoms with Gasteiger partial charge in [-0.3, -0.25) is 4.98 Å². The molecule has 0 saturated carbocycles. The van der Waals surface area contributed by atoms with Crippen LogP contribution in [0.3, 0.4) is 0 Å². The second-order valence-corrected chi connectivity index (χ2v) is 4.00. The molecule has 2 rings (SSSR count). The Labute approximate surface area is 100 Å². The van der Waals surface area contributed by atoms with E-state index in [1.165, 1.54) is 0 Å². The Morgan fingerprint density at radius 3 is 2.06 bits per heavy atom.